The minimum Gasteiger partial charge on any atom is -0.391 e. The summed E-state index contributed by atoms with van der Waals surface area (Å²) in [6.45, 7) is 0. The number of nitriles is 1. The molecule has 0 amide bonds. The maximum absolute atomic E-state index is 12.6. The summed E-state index contributed by atoms with van der Waals surface area (Å²) in [7, 11) is 0. The van der Waals surface area contributed by atoms with Crippen LogP contribution in [0.25, 0.3) is 0 Å². The van der Waals surface area contributed by atoms with Gasteiger partial charge in [-0.25, -0.2) is 0 Å². The van der Waals surface area contributed by atoms with Crippen LogP contribution in [0.1, 0.15) is 30.4 Å². The van der Waals surface area contributed by atoms with Crippen molar-refractivity contribution in [1.29, 1.82) is 5.26 Å². The molecular formula is C13H13F3N2O. The van der Waals surface area contributed by atoms with Gasteiger partial charge >= 0.3 is 6.18 Å². The van der Waals surface area contributed by atoms with Gasteiger partial charge in [0.2, 0.25) is 0 Å². The summed E-state index contributed by atoms with van der Waals surface area (Å²) in [4.78, 5) is 0. The molecule has 2 rings (SSSR count). The fourth-order valence-electron chi connectivity index (χ4n) is 2.30. The summed E-state index contributed by atoms with van der Waals surface area (Å²) in [5.74, 6) is 0. The first-order chi connectivity index (χ1) is 8.91. The minimum atomic E-state index is -4.53. The summed E-state index contributed by atoms with van der Waals surface area (Å²) in [5, 5.41) is 21.4. The second kappa shape index (κ2) is 5.10. The molecule has 0 radical (unpaired) electrons. The lowest BCUT2D eigenvalue weighted by Gasteiger charge is -2.18. The van der Waals surface area contributed by atoms with Crippen molar-refractivity contribution in [3.05, 3.63) is 29.3 Å². The lowest BCUT2D eigenvalue weighted by atomic mass is 10.1. The van der Waals surface area contributed by atoms with Crippen molar-refractivity contribution in [2.24, 2.45) is 0 Å². The Balaban J connectivity index is 2.23. The van der Waals surface area contributed by atoms with Crippen LogP contribution in [-0.2, 0) is 6.18 Å². The molecule has 1 saturated carbocycles. The molecule has 0 spiro atoms. The Hall–Kier alpha value is -1.74. The second-order valence-electron chi connectivity index (χ2n) is 4.62. The topological polar surface area (TPSA) is 56.0 Å². The zero-order chi connectivity index (χ0) is 14.0. The van der Waals surface area contributed by atoms with Crippen LogP contribution in [0.2, 0.25) is 0 Å². The van der Waals surface area contributed by atoms with Crippen molar-refractivity contribution in [2.75, 3.05) is 5.32 Å². The molecule has 1 aliphatic rings. The molecule has 19 heavy (non-hydrogen) atoms. The maximum atomic E-state index is 12.6. The Morgan fingerprint density at radius 3 is 2.58 bits per heavy atom. The molecule has 1 aliphatic carbocycles. The van der Waals surface area contributed by atoms with Crippen LogP contribution in [0, 0.1) is 11.3 Å². The zero-order valence-corrected chi connectivity index (χ0v) is 10.0. The number of halogens is 3. The number of rotatable bonds is 2. The van der Waals surface area contributed by atoms with Gasteiger partial charge in [0.1, 0.15) is 0 Å². The van der Waals surface area contributed by atoms with Crippen molar-refractivity contribution in [1.82, 2.24) is 0 Å². The monoisotopic (exact) mass is 270 g/mol. The Bertz CT molecular complexity index is 508. The molecule has 2 atom stereocenters. The first-order valence-corrected chi connectivity index (χ1v) is 5.98. The smallest absolute Gasteiger partial charge is 0.391 e. The molecule has 6 heteroatoms. The number of nitrogens with one attached hydrogen (secondary N) is 1. The summed E-state index contributed by atoms with van der Waals surface area (Å²) >= 11 is 0. The number of aliphatic hydroxyl groups excluding tert-OH is 1. The molecule has 0 heterocycles. The highest BCUT2D eigenvalue weighted by molar-refractivity contribution is 5.54. The van der Waals surface area contributed by atoms with Gasteiger partial charge < -0.3 is 10.4 Å². The number of alkyl halides is 3. The SMILES string of the molecule is N#Cc1cc(N[C@@H]2CCC[C@@H]2O)ccc1C(F)(F)F. The van der Waals surface area contributed by atoms with Gasteiger partial charge in [0, 0.05) is 5.69 Å². The molecule has 0 unspecified atom stereocenters. The van der Waals surface area contributed by atoms with Crippen molar-refractivity contribution in [2.45, 2.75) is 37.6 Å². The zero-order valence-electron chi connectivity index (χ0n) is 10.0. The van der Waals surface area contributed by atoms with Crippen LogP contribution < -0.4 is 5.32 Å². The molecule has 0 saturated heterocycles. The molecule has 3 nitrogen and oxygen atoms in total. The fraction of sp³-hybridized carbons (Fsp3) is 0.462. The highest BCUT2D eigenvalue weighted by atomic mass is 19.4. The van der Waals surface area contributed by atoms with E-state index in [9.17, 15) is 18.3 Å². The van der Waals surface area contributed by atoms with Crippen LogP contribution in [0.15, 0.2) is 18.2 Å². The maximum Gasteiger partial charge on any atom is 0.417 e. The first kappa shape index (κ1) is 13.7. The molecule has 1 aromatic carbocycles. The highest BCUT2D eigenvalue weighted by Gasteiger charge is 2.34. The Morgan fingerprint density at radius 2 is 2.05 bits per heavy atom. The van der Waals surface area contributed by atoms with Gasteiger partial charge in [0.05, 0.1) is 29.3 Å². The van der Waals surface area contributed by atoms with E-state index >= 15 is 0 Å². The number of benzene rings is 1. The summed E-state index contributed by atoms with van der Waals surface area (Å²) in [6, 6.07) is 4.74. The average Bonchev–Trinajstić information content (AvgIpc) is 2.73. The largest absolute Gasteiger partial charge is 0.417 e. The standard InChI is InChI=1S/C13H13F3N2O/c14-13(15,16)10-5-4-9(6-8(10)7-17)18-11-2-1-3-12(11)19/h4-6,11-12,18-19H,1-3H2/t11-,12+/m1/s1. The van der Waals surface area contributed by atoms with E-state index in [1.165, 1.54) is 12.1 Å². The summed E-state index contributed by atoms with van der Waals surface area (Å²) in [6.07, 6.45) is -2.69. The van der Waals surface area contributed by atoms with E-state index in [1.807, 2.05) is 0 Å². The number of anilines is 1. The van der Waals surface area contributed by atoms with Crippen LogP contribution >= 0.6 is 0 Å². The van der Waals surface area contributed by atoms with Gasteiger partial charge in [-0.15, -0.1) is 0 Å². The van der Waals surface area contributed by atoms with E-state index in [0.717, 1.165) is 18.9 Å². The molecule has 1 fully saturated rings. The highest BCUT2D eigenvalue weighted by Crippen LogP contribution is 2.33. The van der Waals surface area contributed by atoms with Gasteiger partial charge in [0.15, 0.2) is 0 Å². The number of hydrogen-bond acceptors (Lipinski definition) is 3. The molecule has 0 aromatic heterocycles. The normalized spacial score (nSPS) is 23.1. The molecule has 1 aromatic rings. The molecule has 2 N–H and O–H groups in total. The van der Waals surface area contributed by atoms with Crippen LogP contribution in [0.4, 0.5) is 18.9 Å². The van der Waals surface area contributed by atoms with Crippen molar-refractivity contribution in [3.63, 3.8) is 0 Å². The lowest BCUT2D eigenvalue weighted by molar-refractivity contribution is -0.137. The van der Waals surface area contributed by atoms with E-state index in [2.05, 4.69) is 5.32 Å². The summed E-state index contributed by atoms with van der Waals surface area (Å²) < 4.78 is 37.9. The second-order valence-corrected chi connectivity index (χ2v) is 4.62. The van der Waals surface area contributed by atoms with Gasteiger partial charge in [-0.1, -0.05) is 0 Å². The van der Waals surface area contributed by atoms with Crippen molar-refractivity contribution < 1.29 is 18.3 Å². The molecule has 0 bridgehead atoms. The van der Waals surface area contributed by atoms with Gasteiger partial charge in [0.25, 0.3) is 0 Å². The third-order valence-electron chi connectivity index (χ3n) is 3.28. The third kappa shape index (κ3) is 2.99. The van der Waals surface area contributed by atoms with E-state index in [4.69, 9.17) is 5.26 Å². The molecule has 102 valence electrons. The minimum absolute atomic E-state index is 0.164. The number of hydrogen-bond donors (Lipinski definition) is 2. The Labute approximate surface area is 108 Å². The van der Waals surface area contributed by atoms with Crippen LogP contribution in [-0.4, -0.2) is 17.3 Å². The Morgan fingerprint density at radius 1 is 1.32 bits per heavy atom. The predicted molar refractivity (Wildman–Crippen MR) is 63.4 cm³/mol. The number of aliphatic hydroxyl groups is 1. The van der Waals surface area contributed by atoms with E-state index in [-0.39, 0.29) is 6.04 Å². The van der Waals surface area contributed by atoms with Gasteiger partial charge in [-0.2, -0.15) is 18.4 Å². The lowest BCUT2D eigenvalue weighted by Crippen LogP contribution is -2.28. The fourth-order valence-corrected chi connectivity index (χ4v) is 2.30. The van der Waals surface area contributed by atoms with Crippen LogP contribution in [0.3, 0.4) is 0 Å². The molecular weight excluding hydrogens is 257 g/mol. The van der Waals surface area contributed by atoms with E-state index < -0.39 is 23.4 Å². The van der Waals surface area contributed by atoms with Crippen molar-refractivity contribution in [3.8, 4) is 6.07 Å². The average molecular weight is 270 g/mol. The summed E-state index contributed by atoms with van der Waals surface area (Å²) in [5.41, 5.74) is -0.923. The van der Waals surface area contributed by atoms with E-state index in [1.54, 1.807) is 6.07 Å². The van der Waals surface area contributed by atoms with E-state index in [0.29, 0.717) is 12.1 Å². The molecule has 0 aliphatic heterocycles. The van der Waals surface area contributed by atoms with Gasteiger partial charge in [-0.05, 0) is 37.5 Å². The quantitative estimate of drug-likeness (QED) is 0.868. The third-order valence-corrected chi connectivity index (χ3v) is 3.28. The number of nitrogens with zero attached hydrogens (tertiary/aromatic N) is 1. The van der Waals surface area contributed by atoms with Crippen LogP contribution in [0.5, 0.6) is 0 Å². The van der Waals surface area contributed by atoms with Gasteiger partial charge in [-0.3, -0.25) is 0 Å². The predicted octanol–water partition coefficient (Wildman–Crippen LogP) is 2.90. The Kier molecular flexibility index (Phi) is 3.67. The first-order valence-electron chi connectivity index (χ1n) is 5.98. The van der Waals surface area contributed by atoms with Crippen molar-refractivity contribution >= 4 is 5.69 Å².